The molecule has 106 valence electrons. The van der Waals surface area contributed by atoms with Crippen LogP contribution in [0.1, 0.15) is 39.5 Å². The summed E-state index contributed by atoms with van der Waals surface area (Å²) in [5.41, 5.74) is 0. The Kier molecular flexibility index (Phi) is 7.28. The minimum Gasteiger partial charge on any atom is -0.469 e. The normalized spacial score (nSPS) is 21.9. The number of carbonyl (C=O) groups is 1. The van der Waals surface area contributed by atoms with Crippen LogP contribution in [0.3, 0.4) is 0 Å². The third-order valence-corrected chi connectivity index (χ3v) is 3.72. The van der Waals surface area contributed by atoms with Crippen molar-refractivity contribution in [3.05, 3.63) is 0 Å². The lowest BCUT2D eigenvalue weighted by Gasteiger charge is -2.33. The molecule has 0 aromatic heterocycles. The molecule has 1 saturated heterocycles. The van der Waals surface area contributed by atoms with Crippen molar-refractivity contribution >= 4 is 5.97 Å². The van der Waals surface area contributed by atoms with Crippen molar-refractivity contribution in [3.63, 3.8) is 0 Å². The van der Waals surface area contributed by atoms with Crippen LogP contribution in [0, 0.1) is 5.92 Å². The molecule has 4 nitrogen and oxygen atoms in total. The molecular formula is C14H28N2O2. The number of esters is 1. The van der Waals surface area contributed by atoms with Gasteiger partial charge in [0.05, 0.1) is 13.5 Å². The molecular weight excluding hydrogens is 228 g/mol. The quantitative estimate of drug-likeness (QED) is 0.703. The SMILES string of the molecule is CCCN(CC1CCCNC1)C(C)CC(=O)OC. The van der Waals surface area contributed by atoms with E-state index in [0.29, 0.717) is 6.42 Å². The Bertz CT molecular complexity index is 240. The van der Waals surface area contributed by atoms with Crippen molar-refractivity contribution in [2.75, 3.05) is 33.3 Å². The number of piperidine rings is 1. The average Bonchev–Trinajstić information content (AvgIpc) is 2.39. The summed E-state index contributed by atoms with van der Waals surface area (Å²) in [6.07, 6.45) is 4.20. The van der Waals surface area contributed by atoms with Crippen LogP contribution in [0.5, 0.6) is 0 Å². The number of carbonyl (C=O) groups excluding carboxylic acids is 1. The summed E-state index contributed by atoms with van der Waals surface area (Å²) >= 11 is 0. The number of hydrogen-bond acceptors (Lipinski definition) is 4. The Balaban J connectivity index is 2.43. The first kappa shape index (κ1) is 15.4. The van der Waals surface area contributed by atoms with Crippen molar-refractivity contribution in [2.24, 2.45) is 5.92 Å². The van der Waals surface area contributed by atoms with Crippen LogP contribution in [-0.4, -0.2) is 50.2 Å². The Morgan fingerprint density at radius 1 is 1.56 bits per heavy atom. The number of ether oxygens (including phenoxy) is 1. The summed E-state index contributed by atoms with van der Waals surface area (Å²) in [4.78, 5) is 13.8. The van der Waals surface area contributed by atoms with Crippen LogP contribution >= 0.6 is 0 Å². The van der Waals surface area contributed by atoms with Crippen LogP contribution in [0.15, 0.2) is 0 Å². The van der Waals surface area contributed by atoms with Gasteiger partial charge < -0.3 is 10.1 Å². The molecule has 4 heteroatoms. The molecule has 2 atom stereocenters. The van der Waals surface area contributed by atoms with E-state index in [1.54, 1.807) is 0 Å². The van der Waals surface area contributed by atoms with Crippen molar-refractivity contribution in [1.29, 1.82) is 0 Å². The highest BCUT2D eigenvalue weighted by molar-refractivity contribution is 5.69. The number of nitrogens with zero attached hydrogens (tertiary/aromatic N) is 1. The molecule has 1 aliphatic heterocycles. The maximum absolute atomic E-state index is 11.4. The lowest BCUT2D eigenvalue weighted by molar-refractivity contribution is -0.142. The Morgan fingerprint density at radius 3 is 2.89 bits per heavy atom. The average molecular weight is 256 g/mol. The fourth-order valence-electron chi connectivity index (χ4n) is 2.64. The van der Waals surface area contributed by atoms with Gasteiger partial charge in [-0.25, -0.2) is 0 Å². The van der Waals surface area contributed by atoms with Crippen LogP contribution in [0.25, 0.3) is 0 Å². The first-order valence-corrected chi connectivity index (χ1v) is 7.19. The molecule has 1 N–H and O–H groups in total. The van der Waals surface area contributed by atoms with E-state index in [1.165, 1.54) is 20.0 Å². The third-order valence-electron chi connectivity index (χ3n) is 3.72. The largest absolute Gasteiger partial charge is 0.469 e. The van der Waals surface area contributed by atoms with Crippen LogP contribution in [-0.2, 0) is 9.53 Å². The highest BCUT2D eigenvalue weighted by Gasteiger charge is 2.21. The van der Waals surface area contributed by atoms with Gasteiger partial charge >= 0.3 is 5.97 Å². The Labute approximate surface area is 111 Å². The van der Waals surface area contributed by atoms with Gasteiger partial charge in [0, 0.05) is 12.6 Å². The molecule has 0 aliphatic carbocycles. The van der Waals surface area contributed by atoms with E-state index in [1.807, 2.05) is 0 Å². The lowest BCUT2D eigenvalue weighted by Crippen LogP contribution is -2.43. The molecule has 0 aromatic carbocycles. The topological polar surface area (TPSA) is 41.6 Å². The molecule has 18 heavy (non-hydrogen) atoms. The summed E-state index contributed by atoms with van der Waals surface area (Å²) < 4.78 is 4.76. The number of methoxy groups -OCH3 is 1. The molecule has 0 saturated carbocycles. The van der Waals surface area contributed by atoms with Crippen molar-refractivity contribution in [1.82, 2.24) is 10.2 Å². The van der Waals surface area contributed by atoms with Gasteiger partial charge in [0.1, 0.15) is 0 Å². The fourth-order valence-corrected chi connectivity index (χ4v) is 2.64. The van der Waals surface area contributed by atoms with Gasteiger partial charge in [-0.15, -0.1) is 0 Å². The van der Waals surface area contributed by atoms with Gasteiger partial charge in [-0.05, 0) is 51.7 Å². The zero-order valence-corrected chi connectivity index (χ0v) is 12.1. The Morgan fingerprint density at radius 2 is 2.33 bits per heavy atom. The second kappa shape index (κ2) is 8.48. The van der Waals surface area contributed by atoms with E-state index in [9.17, 15) is 4.79 Å². The summed E-state index contributed by atoms with van der Waals surface area (Å²) in [6.45, 7) is 8.75. The maximum Gasteiger partial charge on any atom is 0.307 e. The van der Waals surface area contributed by atoms with Gasteiger partial charge in [-0.1, -0.05) is 6.92 Å². The second-order valence-corrected chi connectivity index (χ2v) is 5.34. The molecule has 0 radical (unpaired) electrons. The first-order valence-electron chi connectivity index (χ1n) is 7.19. The highest BCUT2D eigenvalue weighted by atomic mass is 16.5. The summed E-state index contributed by atoms with van der Waals surface area (Å²) in [5, 5.41) is 3.45. The van der Waals surface area contributed by atoms with Crippen LogP contribution in [0.4, 0.5) is 0 Å². The molecule has 1 heterocycles. The van der Waals surface area contributed by atoms with Gasteiger partial charge in [0.25, 0.3) is 0 Å². The Hall–Kier alpha value is -0.610. The number of rotatable bonds is 7. The smallest absolute Gasteiger partial charge is 0.307 e. The zero-order chi connectivity index (χ0) is 13.4. The molecule has 0 amide bonds. The molecule has 2 unspecified atom stereocenters. The standard InChI is InChI=1S/C14H28N2O2/c1-4-8-16(12(2)9-14(17)18-3)11-13-6-5-7-15-10-13/h12-13,15H,4-11H2,1-3H3. The molecule has 0 aromatic rings. The van der Waals surface area contributed by atoms with E-state index >= 15 is 0 Å². The molecule has 1 fully saturated rings. The van der Waals surface area contributed by atoms with E-state index in [4.69, 9.17) is 4.74 Å². The minimum atomic E-state index is -0.106. The molecule has 0 bridgehead atoms. The number of hydrogen-bond donors (Lipinski definition) is 1. The van der Waals surface area contributed by atoms with Gasteiger partial charge in [0.2, 0.25) is 0 Å². The van der Waals surface area contributed by atoms with Gasteiger partial charge in [0.15, 0.2) is 0 Å². The second-order valence-electron chi connectivity index (χ2n) is 5.34. The predicted molar refractivity (Wildman–Crippen MR) is 73.6 cm³/mol. The van der Waals surface area contributed by atoms with E-state index in [-0.39, 0.29) is 12.0 Å². The van der Waals surface area contributed by atoms with Crippen LogP contribution in [0.2, 0.25) is 0 Å². The molecule has 1 aliphatic rings. The summed E-state index contributed by atoms with van der Waals surface area (Å²) in [6, 6.07) is 0.277. The van der Waals surface area contributed by atoms with E-state index in [2.05, 4.69) is 24.1 Å². The van der Waals surface area contributed by atoms with E-state index in [0.717, 1.165) is 38.5 Å². The molecule has 0 spiro atoms. The van der Waals surface area contributed by atoms with Crippen molar-refractivity contribution < 1.29 is 9.53 Å². The summed E-state index contributed by atoms with van der Waals surface area (Å²) in [7, 11) is 1.46. The minimum absolute atomic E-state index is 0.106. The fraction of sp³-hybridized carbons (Fsp3) is 0.929. The van der Waals surface area contributed by atoms with Crippen LogP contribution < -0.4 is 5.32 Å². The summed E-state index contributed by atoms with van der Waals surface area (Å²) in [5.74, 6) is 0.621. The zero-order valence-electron chi connectivity index (χ0n) is 12.1. The maximum atomic E-state index is 11.4. The predicted octanol–water partition coefficient (Wildman–Crippen LogP) is 1.65. The monoisotopic (exact) mass is 256 g/mol. The molecule has 1 rings (SSSR count). The number of nitrogens with one attached hydrogen (secondary N) is 1. The first-order chi connectivity index (χ1) is 8.67. The van der Waals surface area contributed by atoms with Gasteiger partial charge in [-0.3, -0.25) is 9.69 Å². The highest BCUT2D eigenvalue weighted by Crippen LogP contribution is 2.15. The van der Waals surface area contributed by atoms with Crippen molar-refractivity contribution in [3.8, 4) is 0 Å². The third kappa shape index (κ3) is 5.36. The van der Waals surface area contributed by atoms with Gasteiger partial charge in [-0.2, -0.15) is 0 Å². The van der Waals surface area contributed by atoms with E-state index < -0.39 is 0 Å². The van der Waals surface area contributed by atoms with Crippen molar-refractivity contribution in [2.45, 2.75) is 45.6 Å². The lowest BCUT2D eigenvalue weighted by atomic mass is 9.98.